The highest BCUT2D eigenvalue weighted by Gasteiger charge is 2.19. The largest absolute Gasteiger partial charge is 0.392 e. The van der Waals surface area contributed by atoms with Crippen molar-refractivity contribution < 1.29 is 0 Å². The summed E-state index contributed by atoms with van der Waals surface area (Å²) >= 11 is 6.41. The molecule has 7 heteroatoms. The lowest BCUT2D eigenvalue weighted by molar-refractivity contribution is 0.292. The molecule has 0 bridgehead atoms. The van der Waals surface area contributed by atoms with Crippen molar-refractivity contribution in [2.45, 2.75) is 13.3 Å². The van der Waals surface area contributed by atoms with Gasteiger partial charge in [-0.05, 0) is 0 Å². The first-order chi connectivity index (χ1) is 8.19. The monoisotopic (exact) mass is 271 g/mol. The SMILES string of the molecule is CCc1nsc(N2CCN(CC(N)=S)CC2)n1. The molecule has 5 nitrogen and oxygen atoms in total. The highest BCUT2D eigenvalue weighted by Crippen LogP contribution is 2.19. The highest BCUT2D eigenvalue weighted by molar-refractivity contribution is 7.80. The van der Waals surface area contributed by atoms with Gasteiger partial charge in [0.2, 0.25) is 5.13 Å². The van der Waals surface area contributed by atoms with Gasteiger partial charge in [0.1, 0.15) is 5.82 Å². The van der Waals surface area contributed by atoms with Gasteiger partial charge in [0, 0.05) is 50.7 Å². The van der Waals surface area contributed by atoms with E-state index in [4.69, 9.17) is 18.0 Å². The van der Waals surface area contributed by atoms with E-state index in [2.05, 4.69) is 26.1 Å². The van der Waals surface area contributed by atoms with E-state index in [0.29, 0.717) is 4.99 Å². The first-order valence-corrected chi connectivity index (χ1v) is 6.95. The van der Waals surface area contributed by atoms with Crippen LogP contribution in [0.1, 0.15) is 12.7 Å². The average Bonchev–Trinajstić information content (AvgIpc) is 2.78. The van der Waals surface area contributed by atoms with Crippen molar-refractivity contribution in [3.63, 3.8) is 0 Å². The van der Waals surface area contributed by atoms with Crippen LogP contribution in [0.15, 0.2) is 0 Å². The Hall–Kier alpha value is -0.790. The Balaban J connectivity index is 1.88. The first-order valence-electron chi connectivity index (χ1n) is 5.77. The molecule has 2 rings (SSSR count). The zero-order chi connectivity index (χ0) is 12.3. The van der Waals surface area contributed by atoms with Crippen LogP contribution < -0.4 is 10.6 Å². The molecule has 0 unspecified atom stereocenters. The smallest absolute Gasteiger partial charge is 0.205 e. The number of nitrogens with two attached hydrogens (primary N) is 1. The molecule has 1 aliphatic rings. The Kier molecular flexibility index (Phi) is 4.25. The van der Waals surface area contributed by atoms with Gasteiger partial charge in [-0.1, -0.05) is 19.1 Å². The third-order valence-electron chi connectivity index (χ3n) is 2.80. The van der Waals surface area contributed by atoms with Crippen LogP contribution in [0, 0.1) is 0 Å². The maximum absolute atomic E-state index is 5.55. The molecule has 0 spiro atoms. The molecule has 2 N–H and O–H groups in total. The Morgan fingerprint density at radius 1 is 1.41 bits per heavy atom. The van der Waals surface area contributed by atoms with Gasteiger partial charge in [-0.25, -0.2) is 4.98 Å². The molecular weight excluding hydrogens is 254 g/mol. The topological polar surface area (TPSA) is 58.3 Å². The second-order valence-corrected chi connectivity index (χ2v) is 5.33. The van der Waals surface area contributed by atoms with E-state index in [0.717, 1.165) is 50.1 Å². The summed E-state index contributed by atoms with van der Waals surface area (Å²) in [6, 6.07) is 0. The Morgan fingerprint density at radius 2 is 2.12 bits per heavy atom. The minimum absolute atomic E-state index is 0.572. The molecular formula is C10H17N5S2. The quantitative estimate of drug-likeness (QED) is 0.805. The fraction of sp³-hybridized carbons (Fsp3) is 0.700. The van der Waals surface area contributed by atoms with E-state index in [1.807, 2.05) is 0 Å². The van der Waals surface area contributed by atoms with Crippen molar-refractivity contribution >= 4 is 33.9 Å². The summed E-state index contributed by atoms with van der Waals surface area (Å²) in [4.78, 5) is 9.64. The Bertz CT molecular complexity index is 384. The lowest BCUT2D eigenvalue weighted by Crippen LogP contribution is -2.48. The number of nitrogens with zero attached hydrogens (tertiary/aromatic N) is 4. The lowest BCUT2D eigenvalue weighted by atomic mass is 10.3. The van der Waals surface area contributed by atoms with Crippen LogP contribution in [-0.2, 0) is 6.42 Å². The molecule has 0 amide bonds. The van der Waals surface area contributed by atoms with Crippen LogP contribution in [-0.4, -0.2) is 52.0 Å². The number of hydrogen-bond acceptors (Lipinski definition) is 6. The van der Waals surface area contributed by atoms with Crippen LogP contribution >= 0.6 is 23.8 Å². The van der Waals surface area contributed by atoms with Gasteiger partial charge >= 0.3 is 0 Å². The Labute approximate surface area is 111 Å². The van der Waals surface area contributed by atoms with Gasteiger partial charge < -0.3 is 10.6 Å². The molecule has 1 aromatic heterocycles. The fourth-order valence-electron chi connectivity index (χ4n) is 1.83. The average molecular weight is 271 g/mol. The number of piperazine rings is 1. The zero-order valence-corrected chi connectivity index (χ0v) is 11.6. The third kappa shape index (κ3) is 3.34. The molecule has 1 saturated heterocycles. The molecule has 2 heterocycles. The normalized spacial score (nSPS) is 17.4. The Morgan fingerprint density at radius 3 is 2.65 bits per heavy atom. The van der Waals surface area contributed by atoms with Crippen molar-refractivity contribution in [1.82, 2.24) is 14.3 Å². The van der Waals surface area contributed by atoms with Gasteiger partial charge in [0.15, 0.2) is 0 Å². The first kappa shape index (κ1) is 12.7. The van der Waals surface area contributed by atoms with E-state index in [1.165, 1.54) is 11.5 Å². The fourth-order valence-corrected chi connectivity index (χ4v) is 2.82. The maximum Gasteiger partial charge on any atom is 0.205 e. The van der Waals surface area contributed by atoms with Gasteiger partial charge in [0.25, 0.3) is 0 Å². The van der Waals surface area contributed by atoms with Crippen molar-refractivity contribution in [3.8, 4) is 0 Å². The van der Waals surface area contributed by atoms with E-state index < -0.39 is 0 Å². The second kappa shape index (κ2) is 5.70. The molecule has 0 aromatic carbocycles. The number of aryl methyl sites for hydroxylation is 1. The third-order valence-corrected chi connectivity index (χ3v) is 3.74. The number of rotatable bonds is 4. The van der Waals surface area contributed by atoms with Crippen LogP contribution in [0.4, 0.5) is 5.13 Å². The van der Waals surface area contributed by atoms with Gasteiger partial charge in [-0.15, -0.1) is 0 Å². The number of thiocarbonyl (C=S) groups is 1. The summed E-state index contributed by atoms with van der Waals surface area (Å²) < 4.78 is 4.31. The molecule has 0 saturated carbocycles. The summed E-state index contributed by atoms with van der Waals surface area (Å²) in [5.41, 5.74) is 5.55. The molecule has 1 fully saturated rings. The van der Waals surface area contributed by atoms with Gasteiger partial charge in [-0.2, -0.15) is 4.37 Å². The van der Waals surface area contributed by atoms with Crippen molar-refractivity contribution in [2.75, 3.05) is 37.6 Å². The van der Waals surface area contributed by atoms with E-state index in [-0.39, 0.29) is 0 Å². The molecule has 1 aromatic rings. The van der Waals surface area contributed by atoms with Crippen LogP contribution in [0.25, 0.3) is 0 Å². The highest BCUT2D eigenvalue weighted by atomic mass is 32.1. The predicted molar refractivity (Wildman–Crippen MR) is 74.7 cm³/mol. The van der Waals surface area contributed by atoms with Crippen LogP contribution in [0.2, 0.25) is 0 Å². The van der Waals surface area contributed by atoms with Crippen molar-refractivity contribution in [1.29, 1.82) is 0 Å². The zero-order valence-electron chi connectivity index (χ0n) is 9.93. The van der Waals surface area contributed by atoms with Crippen molar-refractivity contribution in [3.05, 3.63) is 5.82 Å². The minimum atomic E-state index is 0.572. The number of hydrogen-bond donors (Lipinski definition) is 1. The van der Waals surface area contributed by atoms with Crippen molar-refractivity contribution in [2.24, 2.45) is 5.73 Å². The number of aromatic nitrogens is 2. The molecule has 0 aliphatic carbocycles. The maximum atomic E-state index is 5.55. The predicted octanol–water partition coefficient (Wildman–Crippen LogP) is 0.509. The van der Waals surface area contributed by atoms with Crippen LogP contribution in [0.3, 0.4) is 0 Å². The summed E-state index contributed by atoms with van der Waals surface area (Å²) in [6.07, 6.45) is 0.901. The summed E-state index contributed by atoms with van der Waals surface area (Å²) in [5.74, 6) is 0.940. The van der Waals surface area contributed by atoms with E-state index in [9.17, 15) is 0 Å². The summed E-state index contributed by atoms with van der Waals surface area (Å²) in [6.45, 7) is 6.71. The molecule has 17 heavy (non-hydrogen) atoms. The summed E-state index contributed by atoms with van der Waals surface area (Å²) in [7, 11) is 0. The second-order valence-electron chi connectivity index (χ2n) is 4.08. The molecule has 0 atom stereocenters. The van der Waals surface area contributed by atoms with Gasteiger partial charge in [0.05, 0.1) is 4.99 Å². The minimum Gasteiger partial charge on any atom is -0.392 e. The molecule has 0 radical (unpaired) electrons. The summed E-state index contributed by atoms with van der Waals surface area (Å²) in [5, 5.41) is 1.04. The van der Waals surface area contributed by atoms with E-state index >= 15 is 0 Å². The number of anilines is 1. The lowest BCUT2D eigenvalue weighted by Gasteiger charge is -2.33. The van der Waals surface area contributed by atoms with Gasteiger partial charge in [-0.3, -0.25) is 4.90 Å². The molecule has 94 valence electrons. The molecule has 1 aliphatic heterocycles. The van der Waals surface area contributed by atoms with Crippen LogP contribution in [0.5, 0.6) is 0 Å². The van der Waals surface area contributed by atoms with E-state index in [1.54, 1.807) is 0 Å². The standard InChI is InChI=1S/C10H17N5S2/c1-2-9-12-10(17-13-9)15-5-3-14(4-6-15)7-8(11)16/h2-7H2,1H3,(H2,11,16).